The first-order valence-electron chi connectivity index (χ1n) is 3.94. The van der Waals surface area contributed by atoms with Crippen LogP contribution in [0.4, 0.5) is 0 Å². The van der Waals surface area contributed by atoms with Crippen LogP contribution in [0.3, 0.4) is 0 Å². The summed E-state index contributed by atoms with van der Waals surface area (Å²) in [7, 11) is 0. The second-order valence-electron chi connectivity index (χ2n) is 2.85. The van der Waals surface area contributed by atoms with Crippen molar-refractivity contribution in [2.75, 3.05) is 0 Å². The van der Waals surface area contributed by atoms with Gasteiger partial charge in [0.25, 0.3) is 0 Å². The summed E-state index contributed by atoms with van der Waals surface area (Å²) in [5, 5.41) is 9.83. The Hall–Kier alpha value is -1.16. The van der Waals surface area contributed by atoms with Crippen LogP contribution in [-0.2, 0) is 4.79 Å². The molecule has 0 radical (unpaired) electrons. The van der Waals surface area contributed by atoms with Crippen LogP contribution in [0, 0.1) is 5.41 Å². The Balaban J connectivity index is 2.51. The van der Waals surface area contributed by atoms with Gasteiger partial charge in [0.05, 0.1) is 6.17 Å². The highest BCUT2D eigenvalue weighted by Gasteiger charge is 2.12. The second-order valence-corrected chi connectivity index (χ2v) is 2.85. The van der Waals surface area contributed by atoms with E-state index in [0.29, 0.717) is 12.8 Å². The predicted octanol–water partition coefficient (Wildman–Crippen LogP) is 0.147. The number of hydrogen-bond donors (Lipinski definition) is 3. The van der Waals surface area contributed by atoms with E-state index in [2.05, 4.69) is 5.32 Å². The number of carbonyl (C=O) groups excluding carboxylic acids is 1. The van der Waals surface area contributed by atoms with Crippen LogP contribution in [0.1, 0.15) is 19.3 Å². The Morgan fingerprint density at radius 1 is 1.67 bits per heavy atom. The molecule has 0 saturated heterocycles. The average Bonchev–Trinajstić information content (AvgIpc) is 2.06. The third-order valence-electron chi connectivity index (χ3n) is 1.97. The lowest BCUT2D eigenvalue weighted by atomic mass is 9.96. The minimum atomic E-state index is -0.365. The van der Waals surface area contributed by atoms with Crippen molar-refractivity contribution in [2.45, 2.75) is 25.4 Å². The summed E-state index contributed by atoms with van der Waals surface area (Å²) in [4.78, 5) is 10.1. The molecule has 0 bridgehead atoms. The molecule has 1 unspecified atom stereocenters. The van der Waals surface area contributed by atoms with E-state index in [1.54, 1.807) is 0 Å². The fourth-order valence-corrected chi connectivity index (χ4v) is 1.22. The number of nitrogens with one attached hydrogen (secondary N) is 2. The lowest BCUT2D eigenvalue weighted by molar-refractivity contribution is -0.109. The monoisotopic (exact) mass is 167 g/mol. The molecule has 66 valence electrons. The molecule has 0 aromatic rings. The van der Waals surface area contributed by atoms with Gasteiger partial charge in [0.1, 0.15) is 0 Å². The summed E-state index contributed by atoms with van der Waals surface area (Å²) in [6.45, 7) is 0. The van der Waals surface area contributed by atoms with E-state index in [-0.39, 0.29) is 6.17 Å². The lowest BCUT2D eigenvalue weighted by Gasteiger charge is -2.18. The molecule has 0 aromatic heterocycles. The molecular weight excluding hydrogens is 154 g/mol. The van der Waals surface area contributed by atoms with E-state index in [1.165, 1.54) is 0 Å². The Kier molecular flexibility index (Phi) is 2.99. The van der Waals surface area contributed by atoms with Crippen molar-refractivity contribution in [2.24, 2.45) is 5.73 Å². The van der Waals surface area contributed by atoms with Gasteiger partial charge in [-0.05, 0) is 18.4 Å². The van der Waals surface area contributed by atoms with Crippen LogP contribution in [-0.4, -0.2) is 18.3 Å². The third-order valence-corrected chi connectivity index (χ3v) is 1.97. The number of allylic oxidation sites excluding steroid dienone is 1. The smallest absolute Gasteiger partial charge is 0.208 e. The highest BCUT2D eigenvalue weighted by molar-refractivity contribution is 5.84. The molecule has 4 nitrogen and oxygen atoms in total. The average molecular weight is 167 g/mol. The first-order valence-corrected chi connectivity index (χ1v) is 3.94. The molecule has 1 atom stereocenters. The zero-order chi connectivity index (χ0) is 8.97. The number of nitrogens with two attached hydrogens (primary N) is 1. The van der Waals surface area contributed by atoms with Crippen molar-refractivity contribution in [3.05, 3.63) is 11.6 Å². The lowest BCUT2D eigenvalue weighted by Crippen LogP contribution is -2.38. The van der Waals surface area contributed by atoms with Crippen molar-refractivity contribution in [1.82, 2.24) is 5.32 Å². The van der Waals surface area contributed by atoms with Gasteiger partial charge in [-0.1, -0.05) is 6.08 Å². The summed E-state index contributed by atoms with van der Waals surface area (Å²) in [5.74, 6) is 0. The molecule has 0 aromatic carbocycles. The Labute approximate surface area is 71.3 Å². The van der Waals surface area contributed by atoms with Crippen LogP contribution in [0.15, 0.2) is 11.6 Å². The molecule has 1 aliphatic carbocycles. The van der Waals surface area contributed by atoms with E-state index >= 15 is 0 Å². The van der Waals surface area contributed by atoms with E-state index in [4.69, 9.17) is 11.1 Å². The topological polar surface area (TPSA) is 79.0 Å². The Bertz CT molecular complexity index is 222. The maximum absolute atomic E-state index is 10.1. The third kappa shape index (κ3) is 2.17. The van der Waals surface area contributed by atoms with E-state index in [0.717, 1.165) is 24.1 Å². The van der Waals surface area contributed by atoms with Crippen LogP contribution >= 0.6 is 0 Å². The van der Waals surface area contributed by atoms with E-state index in [1.807, 2.05) is 6.08 Å². The molecule has 0 heterocycles. The molecule has 0 spiro atoms. The van der Waals surface area contributed by atoms with Crippen molar-refractivity contribution in [1.29, 1.82) is 5.41 Å². The molecule has 4 N–H and O–H groups in total. The molecule has 4 heteroatoms. The van der Waals surface area contributed by atoms with Crippen molar-refractivity contribution >= 4 is 12.1 Å². The molecule has 0 fully saturated rings. The summed E-state index contributed by atoms with van der Waals surface area (Å²) in [5.41, 5.74) is 7.38. The molecular formula is C8H13N3O. The molecule has 1 rings (SSSR count). The Morgan fingerprint density at radius 2 is 2.42 bits per heavy atom. The molecule has 1 amide bonds. The fraction of sp³-hybridized carbons (Fsp3) is 0.500. The SMILES string of the molecule is N=C1CC=C(C(N)NC=O)CC1. The molecule has 1 aliphatic rings. The molecule has 0 saturated carbocycles. The quantitative estimate of drug-likeness (QED) is 0.318. The van der Waals surface area contributed by atoms with Crippen LogP contribution < -0.4 is 11.1 Å². The maximum Gasteiger partial charge on any atom is 0.208 e. The predicted molar refractivity (Wildman–Crippen MR) is 46.8 cm³/mol. The van der Waals surface area contributed by atoms with E-state index in [9.17, 15) is 4.79 Å². The molecule has 12 heavy (non-hydrogen) atoms. The van der Waals surface area contributed by atoms with Crippen molar-refractivity contribution in [3.63, 3.8) is 0 Å². The van der Waals surface area contributed by atoms with Gasteiger partial charge in [-0.15, -0.1) is 0 Å². The highest BCUT2D eigenvalue weighted by Crippen LogP contribution is 2.15. The van der Waals surface area contributed by atoms with Crippen molar-refractivity contribution < 1.29 is 4.79 Å². The van der Waals surface area contributed by atoms with Crippen LogP contribution in [0.5, 0.6) is 0 Å². The highest BCUT2D eigenvalue weighted by atomic mass is 16.1. The maximum atomic E-state index is 10.1. The second kappa shape index (κ2) is 4.01. The van der Waals surface area contributed by atoms with Gasteiger partial charge >= 0.3 is 0 Å². The van der Waals surface area contributed by atoms with Gasteiger partial charge in [-0.25, -0.2) is 0 Å². The number of amides is 1. The van der Waals surface area contributed by atoms with Gasteiger partial charge in [-0.3, -0.25) is 4.79 Å². The summed E-state index contributed by atoms with van der Waals surface area (Å²) in [6.07, 6.45) is 4.39. The van der Waals surface area contributed by atoms with Crippen LogP contribution in [0.25, 0.3) is 0 Å². The van der Waals surface area contributed by atoms with Gasteiger partial charge in [0, 0.05) is 12.1 Å². The number of hydrogen-bond acceptors (Lipinski definition) is 3. The summed E-state index contributed by atoms with van der Waals surface area (Å²) in [6, 6.07) is 0. The Morgan fingerprint density at radius 3 is 2.92 bits per heavy atom. The van der Waals surface area contributed by atoms with E-state index < -0.39 is 0 Å². The minimum Gasteiger partial charge on any atom is -0.340 e. The van der Waals surface area contributed by atoms with Gasteiger partial charge in [0.2, 0.25) is 6.41 Å². The van der Waals surface area contributed by atoms with Crippen LogP contribution in [0.2, 0.25) is 0 Å². The first-order chi connectivity index (χ1) is 5.74. The minimum absolute atomic E-state index is 0.365. The normalized spacial score (nSPS) is 19.8. The fourth-order valence-electron chi connectivity index (χ4n) is 1.22. The number of carbonyl (C=O) groups is 1. The first kappa shape index (κ1) is 8.93. The zero-order valence-corrected chi connectivity index (χ0v) is 6.84. The standard InChI is InChI=1S/C8H13N3O/c9-7-3-1-6(2-4-7)8(10)11-5-12/h1,5,8-9H,2-4,10H2,(H,11,12). The largest absolute Gasteiger partial charge is 0.340 e. The van der Waals surface area contributed by atoms with Gasteiger partial charge in [0.15, 0.2) is 0 Å². The summed E-state index contributed by atoms with van der Waals surface area (Å²) < 4.78 is 0. The molecule has 0 aliphatic heterocycles. The zero-order valence-electron chi connectivity index (χ0n) is 6.84. The van der Waals surface area contributed by atoms with Gasteiger partial charge < -0.3 is 16.5 Å². The van der Waals surface area contributed by atoms with Gasteiger partial charge in [-0.2, -0.15) is 0 Å². The number of rotatable bonds is 3. The summed E-state index contributed by atoms with van der Waals surface area (Å²) >= 11 is 0. The van der Waals surface area contributed by atoms with Crippen molar-refractivity contribution in [3.8, 4) is 0 Å².